The molecule has 0 radical (unpaired) electrons. The number of aryl methyl sites for hydroxylation is 2. The second kappa shape index (κ2) is 10.1. The van der Waals surface area contributed by atoms with Gasteiger partial charge in [0.25, 0.3) is 0 Å². The third-order valence-electron chi connectivity index (χ3n) is 3.51. The third kappa shape index (κ3) is 6.78. The summed E-state index contributed by atoms with van der Waals surface area (Å²) >= 11 is 0. The maximum Gasteiger partial charge on any atom is 0.171 e. The van der Waals surface area contributed by atoms with E-state index < -0.39 is 0 Å². The van der Waals surface area contributed by atoms with Crippen molar-refractivity contribution in [3.05, 3.63) is 30.1 Å². The van der Waals surface area contributed by atoms with Gasteiger partial charge in [-0.1, -0.05) is 46.0 Å². The normalized spacial score (nSPS) is 10.8. The molecule has 1 aromatic rings. The summed E-state index contributed by atoms with van der Waals surface area (Å²) in [6, 6.07) is 4.47. The van der Waals surface area contributed by atoms with E-state index in [1.165, 1.54) is 69.9 Å². The van der Waals surface area contributed by atoms with E-state index in [9.17, 15) is 0 Å². The Balaban J connectivity index is 2.26. The molecule has 0 bridgehead atoms. The van der Waals surface area contributed by atoms with Gasteiger partial charge in [-0.2, -0.15) is 0 Å². The summed E-state index contributed by atoms with van der Waals surface area (Å²) in [5.41, 5.74) is 1.50. The van der Waals surface area contributed by atoms with Crippen LogP contribution < -0.4 is 4.57 Å². The molecule has 0 spiro atoms. The summed E-state index contributed by atoms with van der Waals surface area (Å²) in [7, 11) is 0. The zero-order valence-electron chi connectivity index (χ0n) is 12.3. The van der Waals surface area contributed by atoms with Gasteiger partial charge in [0.15, 0.2) is 12.4 Å². The molecule has 0 saturated heterocycles. The topological polar surface area (TPSA) is 3.88 Å². The lowest BCUT2D eigenvalue weighted by Gasteiger charge is -2.01. The largest absolute Gasteiger partial charge is 0.205 e. The van der Waals surface area contributed by atoms with Crippen molar-refractivity contribution in [2.24, 2.45) is 0 Å². The molecule has 0 aliphatic heterocycles. The lowest BCUT2D eigenvalue weighted by atomic mass is 10.1. The van der Waals surface area contributed by atoms with Gasteiger partial charge in [0.1, 0.15) is 6.54 Å². The van der Waals surface area contributed by atoms with E-state index in [4.69, 9.17) is 0 Å². The molecule has 102 valence electrons. The fraction of sp³-hybridized carbons (Fsp3) is 0.706. The summed E-state index contributed by atoms with van der Waals surface area (Å²) in [4.78, 5) is 0. The Bertz CT molecular complexity index is 306. The van der Waals surface area contributed by atoms with Crippen molar-refractivity contribution >= 4 is 0 Å². The molecule has 1 nitrogen and oxygen atoms in total. The predicted molar refractivity (Wildman–Crippen MR) is 78.6 cm³/mol. The van der Waals surface area contributed by atoms with E-state index in [0.29, 0.717) is 0 Å². The van der Waals surface area contributed by atoms with Crippen LogP contribution in [-0.4, -0.2) is 0 Å². The fourth-order valence-corrected chi connectivity index (χ4v) is 2.34. The maximum absolute atomic E-state index is 2.37. The SMILES string of the molecule is CCCCCCC[n+]1cccc(CCCCC)c1. The summed E-state index contributed by atoms with van der Waals surface area (Å²) in [6.45, 7) is 5.72. The van der Waals surface area contributed by atoms with Gasteiger partial charge < -0.3 is 0 Å². The first-order chi connectivity index (χ1) is 8.86. The molecule has 1 aromatic heterocycles. The Kier molecular flexibility index (Phi) is 8.54. The van der Waals surface area contributed by atoms with Crippen molar-refractivity contribution in [2.45, 2.75) is 78.2 Å². The van der Waals surface area contributed by atoms with Crippen LogP contribution in [0.2, 0.25) is 0 Å². The van der Waals surface area contributed by atoms with E-state index in [2.05, 4.69) is 42.9 Å². The van der Waals surface area contributed by atoms with E-state index in [1.54, 1.807) is 0 Å². The van der Waals surface area contributed by atoms with Crippen molar-refractivity contribution < 1.29 is 4.57 Å². The van der Waals surface area contributed by atoms with Gasteiger partial charge in [0.2, 0.25) is 0 Å². The van der Waals surface area contributed by atoms with E-state index in [0.717, 1.165) is 0 Å². The molecule has 1 heterocycles. The molecule has 0 aliphatic carbocycles. The predicted octanol–water partition coefficient (Wildman–Crippen LogP) is 4.68. The summed E-state index contributed by atoms with van der Waals surface area (Å²) in [5, 5.41) is 0. The summed E-state index contributed by atoms with van der Waals surface area (Å²) in [6.07, 6.45) is 16.6. The smallest absolute Gasteiger partial charge is 0.171 e. The van der Waals surface area contributed by atoms with E-state index in [1.807, 2.05) is 0 Å². The highest BCUT2D eigenvalue weighted by atomic mass is 14.9. The molecular weight excluding hydrogens is 218 g/mol. The van der Waals surface area contributed by atoms with Crippen LogP contribution in [0.3, 0.4) is 0 Å². The van der Waals surface area contributed by atoms with Crippen LogP contribution in [0.5, 0.6) is 0 Å². The van der Waals surface area contributed by atoms with Crippen molar-refractivity contribution in [3.63, 3.8) is 0 Å². The number of hydrogen-bond donors (Lipinski definition) is 0. The number of aromatic nitrogens is 1. The van der Waals surface area contributed by atoms with Gasteiger partial charge in [-0.3, -0.25) is 0 Å². The van der Waals surface area contributed by atoms with Crippen LogP contribution in [0.15, 0.2) is 24.5 Å². The molecule has 0 unspecified atom stereocenters. The van der Waals surface area contributed by atoms with Gasteiger partial charge in [0, 0.05) is 18.1 Å². The molecule has 0 N–H and O–H groups in total. The van der Waals surface area contributed by atoms with Crippen LogP contribution in [-0.2, 0) is 13.0 Å². The number of pyridine rings is 1. The quantitative estimate of drug-likeness (QED) is 0.418. The minimum Gasteiger partial charge on any atom is -0.205 e. The van der Waals surface area contributed by atoms with Crippen LogP contribution >= 0.6 is 0 Å². The van der Waals surface area contributed by atoms with Crippen molar-refractivity contribution in [1.29, 1.82) is 0 Å². The first-order valence-corrected chi connectivity index (χ1v) is 7.84. The van der Waals surface area contributed by atoms with Gasteiger partial charge >= 0.3 is 0 Å². The molecule has 0 fully saturated rings. The van der Waals surface area contributed by atoms with Crippen LogP contribution in [0, 0.1) is 0 Å². The van der Waals surface area contributed by atoms with Gasteiger partial charge in [0.05, 0.1) is 0 Å². The fourth-order valence-electron chi connectivity index (χ4n) is 2.34. The average Bonchev–Trinajstić information content (AvgIpc) is 2.39. The minimum atomic E-state index is 1.19. The Labute approximate surface area is 113 Å². The number of nitrogens with zero attached hydrogens (tertiary/aromatic N) is 1. The van der Waals surface area contributed by atoms with Crippen LogP contribution in [0.1, 0.15) is 70.8 Å². The maximum atomic E-state index is 2.37. The van der Waals surface area contributed by atoms with Crippen molar-refractivity contribution in [2.75, 3.05) is 0 Å². The Morgan fingerprint density at radius 1 is 0.889 bits per heavy atom. The Hall–Kier alpha value is -0.850. The zero-order chi connectivity index (χ0) is 13.1. The minimum absolute atomic E-state index is 1.19. The van der Waals surface area contributed by atoms with Crippen LogP contribution in [0.25, 0.3) is 0 Å². The average molecular weight is 248 g/mol. The first kappa shape index (κ1) is 15.2. The molecule has 0 amide bonds. The highest BCUT2D eigenvalue weighted by molar-refractivity contribution is 5.05. The summed E-state index contributed by atoms with van der Waals surface area (Å²) in [5.74, 6) is 0. The van der Waals surface area contributed by atoms with Crippen molar-refractivity contribution in [3.8, 4) is 0 Å². The van der Waals surface area contributed by atoms with E-state index >= 15 is 0 Å². The molecule has 1 rings (SSSR count). The molecular formula is C17H30N+. The van der Waals surface area contributed by atoms with Gasteiger partial charge in [-0.25, -0.2) is 4.57 Å². The molecule has 18 heavy (non-hydrogen) atoms. The lowest BCUT2D eigenvalue weighted by Crippen LogP contribution is -2.33. The standard InChI is InChI=1S/C17H30N/c1-3-5-7-8-10-14-18-15-11-13-17(16-18)12-9-6-4-2/h11,13,15-16H,3-10,12,14H2,1-2H3/q+1. The second-order valence-electron chi connectivity index (χ2n) is 5.32. The third-order valence-corrected chi connectivity index (χ3v) is 3.51. The first-order valence-electron chi connectivity index (χ1n) is 7.84. The Morgan fingerprint density at radius 2 is 1.61 bits per heavy atom. The molecule has 1 heteroatoms. The molecule has 0 aliphatic rings. The number of hydrogen-bond acceptors (Lipinski definition) is 0. The molecule has 0 saturated carbocycles. The zero-order valence-corrected chi connectivity index (χ0v) is 12.3. The highest BCUT2D eigenvalue weighted by Gasteiger charge is 2.02. The monoisotopic (exact) mass is 248 g/mol. The van der Waals surface area contributed by atoms with Gasteiger partial charge in [-0.05, 0) is 25.3 Å². The summed E-state index contributed by atoms with van der Waals surface area (Å²) < 4.78 is 2.37. The van der Waals surface area contributed by atoms with E-state index in [-0.39, 0.29) is 0 Å². The number of unbranched alkanes of at least 4 members (excludes halogenated alkanes) is 6. The molecule has 0 aromatic carbocycles. The second-order valence-corrected chi connectivity index (χ2v) is 5.32. The van der Waals surface area contributed by atoms with Crippen LogP contribution in [0.4, 0.5) is 0 Å². The highest BCUT2D eigenvalue weighted by Crippen LogP contribution is 2.05. The van der Waals surface area contributed by atoms with Gasteiger partial charge in [-0.15, -0.1) is 0 Å². The van der Waals surface area contributed by atoms with Crippen molar-refractivity contribution in [1.82, 2.24) is 0 Å². The number of rotatable bonds is 10. The Morgan fingerprint density at radius 3 is 2.39 bits per heavy atom. The lowest BCUT2D eigenvalue weighted by molar-refractivity contribution is -0.697. The molecule has 0 atom stereocenters.